The summed E-state index contributed by atoms with van der Waals surface area (Å²) in [6.07, 6.45) is 1.34. The molecule has 1 aliphatic carbocycles. The van der Waals surface area contributed by atoms with Crippen LogP contribution in [0.4, 0.5) is 0 Å². The van der Waals surface area contributed by atoms with Gasteiger partial charge in [0.15, 0.2) is 0 Å². The Morgan fingerprint density at radius 1 is 0.656 bits per heavy atom. The van der Waals surface area contributed by atoms with Gasteiger partial charge in [-0.25, -0.2) is 0 Å². The van der Waals surface area contributed by atoms with Gasteiger partial charge in [0.1, 0.15) is 12.2 Å². The molecule has 5 rings (SSSR count). The third kappa shape index (κ3) is 3.70. The lowest BCUT2D eigenvalue weighted by Crippen LogP contribution is -2.22. The minimum atomic E-state index is -0.314. The van der Waals surface area contributed by atoms with Gasteiger partial charge in [0.2, 0.25) is 0 Å². The first-order valence-corrected chi connectivity index (χ1v) is 11.3. The normalized spacial score (nSPS) is 17.9. The Bertz CT molecular complexity index is 1250. The van der Waals surface area contributed by atoms with Gasteiger partial charge in [-0.05, 0) is 92.7 Å². The number of ether oxygens (including phenoxy) is 2. The van der Waals surface area contributed by atoms with Crippen LogP contribution in [0.15, 0.2) is 60.7 Å². The summed E-state index contributed by atoms with van der Waals surface area (Å²) in [5.74, 6) is -0.426. The summed E-state index contributed by atoms with van der Waals surface area (Å²) in [7, 11) is 0. The molecule has 0 spiro atoms. The summed E-state index contributed by atoms with van der Waals surface area (Å²) < 4.78 is 11.5. The Kier molecular flexibility index (Phi) is 5.30. The zero-order chi connectivity index (χ0) is 22.2. The third-order valence-electron chi connectivity index (χ3n) is 6.37. The first-order chi connectivity index (χ1) is 15.6. The van der Waals surface area contributed by atoms with Gasteiger partial charge in [-0.1, -0.05) is 38.1 Å². The Hall–Kier alpha value is -3.40. The molecule has 0 heterocycles. The van der Waals surface area contributed by atoms with Gasteiger partial charge < -0.3 is 9.47 Å². The number of hydrogen-bond acceptors (Lipinski definition) is 4. The second-order valence-electron chi connectivity index (χ2n) is 8.47. The van der Waals surface area contributed by atoms with Crippen LogP contribution >= 0.6 is 0 Å². The van der Waals surface area contributed by atoms with Gasteiger partial charge in [0.25, 0.3) is 0 Å². The highest BCUT2D eigenvalue weighted by Gasteiger charge is 2.32. The number of carbonyl (C=O) groups is 2. The van der Waals surface area contributed by atoms with E-state index in [1.54, 1.807) is 13.8 Å². The molecule has 162 valence electrons. The van der Waals surface area contributed by atoms with E-state index in [9.17, 15) is 9.59 Å². The van der Waals surface area contributed by atoms with Gasteiger partial charge in [0, 0.05) is 12.8 Å². The zero-order valence-corrected chi connectivity index (χ0v) is 18.4. The van der Waals surface area contributed by atoms with Crippen LogP contribution in [-0.4, -0.2) is 11.9 Å². The smallest absolute Gasteiger partial charge is 0.306 e. The van der Waals surface area contributed by atoms with E-state index in [0.29, 0.717) is 25.7 Å². The standard InChI is InChI=1S/C28H26O4/c1-3-27(29)31-25-9-10-26(32-28(30)4-2)24-16-22-14-20-12-18-8-6-5-7-17(18)11-19(20)13-21(22)15-23(24)25/h5-8,11-16,25-26H,3-4,9-10H2,1-2H3. The topological polar surface area (TPSA) is 52.6 Å². The number of rotatable bonds is 4. The molecule has 0 amide bonds. The van der Waals surface area contributed by atoms with Crippen LogP contribution in [-0.2, 0) is 19.1 Å². The van der Waals surface area contributed by atoms with Crippen molar-refractivity contribution in [1.29, 1.82) is 0 Å². The molecular formula is C28H26O4. The highest BCUT2D eigenvalue weighted by atomic mass is 16.6. The van der Waals surface area contributed by atoms with E-state index in [4.69, 9.17) is 9.47 Å². The molecule has 0 aliphatic heterocycles. The van der Waals surface area contributed by atoms with Gasteiger partial charge >= 0.3 is 11.9 Å². The monoisotopic (exact) mass is 426 g/mol. The number of benzene rings is 4. The summed E-state index contributed by atoms with van der Waals surface area (Å²) in [6, 6.07) is 21.4. The van der Waals surface area contributed by atoms with Crippen molar-refractivity contribution < 1.29 is 19.1 Å². The lowest BCUT2D eigenvalue weighted by molar-refractivity contribution is -0.155. The van der Waals surface area contributed by atoms with E-state index in [1.165, 1.54) is 21.5 Å². The highest BCUT2D eigenvalue weighted by molar-refractivity contribution is 6.05. The predicted octanol–water partition coefficient (Wildman–Crippen LogP) is 6.93. The molecule has 0 saturated heterocycles. The molecule has 4 heteroatoms. The fraction of sp³-hybridized carbons (Fsp3) is 0.286. The van der Waals surface area contributed by atoms with Gasteiger partial charge in [-0.2, -0.15) is 0 Å². The first kappa shape index (κ1) is 20.5. The molecule has 1 aliphatic rings. The molecule has 0 fully saturated rings. The molecule has 0 bridgehead atoms. The molecule has 2 atom stereocenters. The minimum absolute atomic E-state index is 0.213. The van der Waals surface area contributed by atoms with Gasteiger partial charge in [0.05, 0.1) is 0 Å². The number of esters is 2. The maximum absolute atomic E-state index is 12.1. The van der Waals surface area contributed by atoms with E-state index >= 15 is 0 Å². The lowest BCUT2D eigenvalue weighted by Gasteiger charge is -2.31. The van der Waals surface area contributed by atoms with Crippen molar-refractivity contribution in [2.45, 2.75) is 51.7 Å². The number of hydrogen-bond donors (Lipinski definition) is 0. The Morgan fingerprint density at radius 3 is 1.44 bits per heavy atom. The maximum atomic E-state index is 12.1. The van der Waals surface area contributed by atoms with Crippen molar-refractivity contribution in [1.82, 2.24) is 0 Å². The summed E-state index contributed by atoms with van der Waals surface area (Å²) in [4.78, 5) is 24.1. The molecular weight excluding hydrogens is 400 g/mol. The van der Waals surface area contributed by atoms with Crippen LogP contribution in [0.25, 0.3) is 32.3 Å². The Morgan fingerprint density at radius 2 is 1.03 bits per heavy atom. The maximum Gasteiger partial charge on any atom is 0.306 e. The van der Waals surface area contributed by atoms with Crippen LogP contribution in [0, 0.1) is 0 Å². The Labute approximate surface area is 187 Å². The molecule has 0 N–H and O–H groups in total. The molecule has 2 unspecified atom stereocenters. The predicted molar refractivity (Wildman–Crippen MR) is 126 cm³/mol. The summed E-state index contributed by atoms with van der Waals surface area (Å²) in [6.45, 7) is 3.60. The van der Waals surface area contributed by atoms with E-state index in [0.717, 1.165) is 21.9 Å². The van der Waals surface area contributed by atoms with Crippen LogP contribution in [0.2, 0.25) is 0 Å². The second-order valence-corrected chi connectivity index (χ2v) is 8.47. The zero-order valence-electron chi connectivity index (χ0n) is 18.4. The summed E-state index contributed by atoms with van der Waals surface area (Å²) in [5, 5.41) is 6.93. The van der Waals surface area contributed by atoms with Crippen molar-refractivity contribution >= 4 is 44.3 Å². The molecule has 4 nitrogen and oxygen atoms in total. The molecule has 4 aromatic rings. The highest BCUT2D eigenvalue weighted by Crippen LogP contribution is 2.43. The van der Waals surface area contributed by atoms with Gasteiger partial charge in [-0.15, -0.1) is 0 Å². The van der Waals surface area contributed by atoms with Crippen molar-refractivity contribution in [2.75, 3.05) is 0 Å². The van der Waals surface area contributed by atoms with Crippen LogP contribution < -0.4 is 0 Å². The van der Waals surface area contributed by atoms with Crippen LogP contribution in [0.1, 0.15) is 62.9 Å². The van der Waals surface area contributed by atoms with Crippen molar-refractivity contribution in [3.63, 3.8) is 0 Å². The van der Waals surface area contributed by atoms with E-state index in [2.05, 4.69) is 60.7 Å². The average molecular weight is 427 g/mol. The molecule has 4 aromatic carbocycles. The summed E-state index contributed by atoms with van der Waals surface area (Å²) in [5.41, 5.74) is 1.89. The van der Waals surface area contributed by atoms with Crippen LogP contribution in [0.5, 0.6) is 0 Å². The fourth-order valence-corrected chi connectivity index (χ4v) is 4.68. The first-order valence-electron chi connectivity index (χ1n) is 11.3. The third-order valence-corrected chi connectivity index (χ3v) is 6.37. The molecule has 0 saturated carbocycles. The fourth-order valence-electron chi connectivity index (χ4n) is 4.68. The molecule has 0 radical (unpaired) electrons. The molecule has 32 heavy (non-hydrogen) atoms. The van der Waals surface area contributed by atoms with Crippen molar-refractivity contribution in [2.24, 2.45) is 0 Å². The minimum Gasteiger partial charge on any atom is -0.457 e. The quantitative estimate of drug-likeness (QED) is 0.262. The Balaban J connectivity index is 1.67. The lowest BCUT2D eigenvalue weighted by atomic mass is 9.84. The second kappa shape index (κ2) is 8.27. The van der Waals surface area contributed by atoms with E-state index in [-0.39, 0.29) is 24.1 Å². The average Bonchev–Trinajstić information content (AvgIpc) is 2.81. The summed E-state index contributed by atoms with van der Waals surface area (Å²) >= 11 is 0. The van der Waals surface area contributed by atoms with E-state index in [1.807, 2.05) is 0 Å². The van der Waals surface area contributed by atoms with Gasteiger partial charge in [-0.3, -0.25) is 9.59 Å². The number of carbonyl (C=O) groups excluding carboxylic acids is 2. The largest absolute Gasteiger partial charge is 0.457 e. The van der Waals surface area contributed by atoms with E-state index < -0.39 is 0 Å². The van der Waals surface area contributed by atoms with Crippen LogP contribution in [0.3, 0.4) is 0 Å². The number of fused-ring (bicyclic) bond motifs is 4. The van der Waals surface area contributed by atoms with Crippen molar-refractivity contribution in [3.8, 4) is 0 Å². The SMILES string of the molecule is CCC(=O)OC1CCC(OC(=O)CC)c2cc3cc4cc5ccccc5cc4cc3cc21. The molecule has 0 aromatic heterocycles. The van der Waals surface area contributed by atoms with Crippen molar-refractivity contribution in [3.05, 3.63) is 71.8 Å².